The van der Waals surface area contributed by atoms with Crippen molar-refractivity contribution in [3.05, 3.63) is 73.0 Å². The molecule has 0 aliphatic carbocycles. The predicted molar refractivity (Wildman–Crippen MR) is 78.0 cm³/mol. The molecule has 1 heteroatoms. The van der Waals surface area contributed by atoms with Gasteiger partial charge in [-0.15, -0.1) is 0 Å². The zero-order valence-corrected chi connectivity index (χ0v) is 10.3. The Balaban J connectivity index is 1.99. The summed E-state index contributed by atoms with van der Waals surface area (Å²) in [6, 6.07) is 24.0. The number of hydrogen-bond donors (Lipinski definition) is 0. The van der Waals surface area contributed by atoms with Crippen LogP contribution in [0.4, 0.5) is 0 Å². The van der Waals surface area contributed by atoms with E-state index in [2.05, 4.69) is 42.5 Å². The third-order valence-electron chi connectivity index (χ3n) is 3.41. The Morgan fingerprint density at radius 2 is 1.53 bits per heavy atom. The molecule has 1 aromatic heterocycles. The molecule has 1 heterocycles. The van der Waals surface area contributed by atoms with Crippen LogP contribution in [0.1, 0.15) is 0 Å². The van der Waals surface area contributed by atoms with Gasteiger partial charge in [0.05, 0.1) is 6.26 Å². The molecule has 19 heavy (non-hydrogen) atoms. The van der Waals surface area contributed by atoms with Gasteiger partial charge in [0.2, 0.25) is 0 Å². The Labute approximate surface area is 111 Å². The Bertz CT molecular complexity index is 871. The maximum atomic E-state index is 5.72. The monoisotopic (exact) mass is 243 g/mol. The first-order valence-corrected chi connectivity index (χ1v) is 6.29. The lowest BCUT2D eigenvalue weighted by Gasteiger charge is -2.01. The van der Waals surface area contributed by atoms with Crippen LogP contribution in [0.5, 0.6) is 0 Å². The van der Waals surface area contributed by atoms with Crippen molar-refractivity contribution in [3.63, 3.8) is 0 Å². The fourth-order valence-corrected chi connectivity index (χ4v) is 2.45. The van der Waals surface area contributed by atoms with Crippen LogP contribution in [-0.2, 0) is 0 Å². The van der Waals surface area contributed by atoms with Gasteiger partial charge in [-0.3, -0.25) is 0 Å². The van der Waals surface area contributed by atoms with Gasteiger partial charge in [-0.05, 0) is 16.8 Å². The highest BCUT2D eigenvalue weighted by atomic mass is 16.3. The van der Waals surface area contributed by atoms with E-state index in [0.717, 1.165) is 27.5 Å². The first-order valence-electron chi connectivity index (χ1n) is 6.29. The molecule has 0 aliphatic rings. The molecule has 0 bridgehead atoms. The summed E-state index contributed by atoms with van der Waals surface area (Å²) < 4.78 is 5.72. The van der Waals surface area contributed by atoms with Gasteiger partial charge >= 0.3 is 0 Å². The molecule has 0 amide bonds. The van der Waals surface area contributed by atoms with E-state index < -0.39 is 0 Å². The minimum absolute atomic E-state index is 0.890. The van der Waals surface area contributed by atoms with Gasteiger partial charge < -0.3 is 4.42 Å². The van der Waals surface area contributed by atoms with Crippen molar-refractivity contribution < 1.29 is 4.42 Å². The molecule has 1 nitrogen and oxygen atoms in total. The van der Waals surface area contributed by atoms with Crippen LogP contribution in [0.2, 0.25) is 0 Å². The van der Waals surface area contributed by atoms with Crippen molar-refractivity contribution in [1.29, 1.82) is 0 Å². The van der Waals surface area contributed by atoms with E-state index in [9.17, 15) is 0 Å². The normalized spacial score (nSPS) is 11.2. The molecule has 0 aliphatic heterocycles. The Morgan fingerprint density at radius 3 is 2.47 bits per heavy atom. The molecule has 0 spiro atoms. The molecule has 1 radical (unpaired) electrons. The fourth-order valence-electron chi connectivity index (χ4n) is 2.45. The van der Waals surface area contributed by atoms with Crippen LogP contribution in [-0.4, -0.2) is 0 Å². The maximum Gasteiger partial charge on any atom is 0.142 e. The minimum atomic E-state index is 0.890. The summed E-state index contributed by atoms with van der Waals surface area (Å²) in [5, 5.41) is 4.57. The smallest absolute Gasteiger partial charge is 0.142 e. The van der Waals surface area contributed by atoms with Gasteiger partial charge in [-0.1, -0.05) is 54.6 Å². The number of fused-ring (bicyclic) bond motifs is 2. The van der Waals surface area contributed by atoms with Crippen LogP contribution < -0.4 is 0 Å². The molecule has 4 aromatic rings. The molecule has 0 N–H and O–H groups in total. The van der Waals surface area contributed by atoms with Crippen LogP contribution in [0.3, 0.4) is 0 Å². The summed E-state index contributed by atoms with van der Waals surface area (Å²) in [6.07, 6.45) is 1.80. The number of rotatable bonds is 1. The molecular formula is C18H11O. The molecule has 89 valence electrons. The van der Waals surface area contributed by atoms with Gasteiger partial charge in [0, 0.05) is 22.4 Å². The van der Waals surface area contributed by atoms with E-state index in [0.29, 0.717) is 0 Å². The first kappa shape index (κ1) is 10.4. The quantitative estimate of drug-likeness (QED) is 0.455. The summed E-state index contributed by atoms with van der Waals surface area (Å²) in [5.74, 6) is 0.890. The van der Waals surface area contributed by atoms with E-state index in [-0.39, 0.29) is 0 Å². The topological polar surface area (TPSA) is 13.1 Å². The fraction of sp³-hybridized carbons (Fsp3) is 0. The number of hydrogen-bond acceptors (Lipinski definition) is 1. The predicted octanol–water partition coefficient (Wildman–Crippen LogP) is 5.05. The van der Waals surface area contributed by atoms with Crippen molar-refractivity contribution in [2.24, 2.45) is 0 Å². The molecular weight excluding hydrogens is 232 g/mol. The lowest BCUT2D eigenvalue weighted by molar-refractivity contribution is 0.587. The van der Waals surface area contributed by atoms with E-state index in [1.54, 1.807) is 6.26 Å². The number of benzene rings is 3. The van der Waals surface area contributed by atoms with Gasteiger partial charge in [0.15, 0.2) is 0 Å². The molecule has 0 saturated heterocycles. The highest BCUT2D eigenvalue weighted by molar-refractivity contribution is 5.96. The van der Waals surface area contributed by atoms with E-state index in [1.165, 1.54) is 5.39 Å². The zero-order chi connectivity index (χ0) is 12.7. The summed E-state index contributed by atoms with van der Waals surface area (Å²) >= 11 is 0. The molecule has 0 saturated carbocycles. The second-order valence-corrected chi connectivity index (χ2v) is 4.61. The lowest BCUT2D eigenvalue weighted by Crippen LogP contribution is -1.78. The van der Waals surface area contributed by atoms with Crippen molar-refractivity contribution in [1.82, 2.24) is 0 Å². The third kappa shape index (κ3) is 1.63. The van der Waals surface area contributed by atoms with E-state index >= 15 is 0 Å². The Hall–Kier alpha value is -2.54. The lowest BCUT2D eigenvalue weighted by atomic mass is 10.0. The second kappa shape index (κ2) is 3.99. The van der Waals surface area contributed by atoms with E-state index in [1.807, 2.05) is 24.3 Å². The average Bonchev–Trinajstić information content (AvgIpc) is 2.91. The SMILES string of the molecule is [c]1c(-c2occ3ccccc23)ccc2ccccc12. The van der Waals surface area contributed by atoms with Gasteiger partial charge in [-0.25, -0.2) is 0 Å². The summed E-state index contributed by atoms with van der Waals surface area (Å²) in [4.78, 5) is 0. The first-order chi connectivity index (χ1) is 9.42. The van der Waals surface area contributed by atoms with Gasteiger partial charge in [-0.2, -0.15) is 0 Å². The van der Waals surface area contributed by atoms with Gasteiger partial charge in [0.1, 0.15) is 5.76 Å². The van der Waals surface area contributed by atoms with Crippen molar-refractivity contribution in [2.75, 3.05) is 0 Å². The number of furan rings is 1. The summed E-state index contributed by atoms with van der Waals surface area (Å²) in [6.45, 7) is 0. The minimum Gasteiger partial charge on any atom is -0.463 e. The highest BCUT2D eigenvalue weighted by Gasteiger charge is 2.08. The Kier molecular flexibility index (Phi) is 2.18. The highest BCUT2D eigenvalue weighted by Crippen LogP contribution is 2.31. The Morgan fingerprint density at radius 1 is 0.737 bits per heavy atom. The second-order valence-electron chi connectivity index (χ2n) is 4.61. The summed E-state index contributed by atoms with van der Waals surface area (Å²) in [5.41, 5.74) is 1.000. The summed E-state index contributed by atoms with van der Waals surface area (Å²) in [7, 11) is 0. The van der Waals surface area contributed by atoms with Crippen LogP contribution in [0, 0.1) is 6.07 Å². The maximum absolute atomic E-state index is 5.72. The van der Waals surface area contributed by atoms with Crippen molar-refractivity contribution in [2.45, 2.75) is 0 Å². The molecule has 0 unspecified atom stereocenters. The molecule has 0 fully saturated rings. The van der Waals surface area contributed by atoms with Crippen molar-refractivity contribution in [3.8, 4) is 11.3 Å². The average molecular weight is 243 g/mol. The standard InChI is InChI=1S/C18H11O/c1-2-6-14-11-15(10-9-13(14)5-1)18-17-8-4-3-7-16(17)12-19-18/h1-10,12H. The molecule has 4 rings (SSSR count). The van der Waals surface area contributed by atoms with E-state index in [4.69, 9.17) is 4.42 Å². The largest absolute Gasteiger partial charge is 0.463 e. The molecule has 0 atom stereocenters. The van der Waals surface area contributed by atoms with Crippen LogP contribution in [0.15, 0.2) is 71.3 Å². The van der Waals surface area contributed by atoms with Gasteiger partial charge in [0.25, 0.3) is 0 Å². The zero-order valence-electron chi connectivity index (χ0n) is 10.3. The van der Waals surface area contributed by atoms with Crippen LogP contribution in [0.25, 0.3) is 32.9 Å². The van der Waals surface area contributed by atoms with Crippen molar-refractivity contribution >= 4 is 21.5 Å². The third-order valence-corrected chi connectivity index (χ3v) is 3.41. The molecule has 3 aromatic carbocycles. The van der Waals surface area contributed by atoms with Crippen LogP contribution >= 0.6 is 0 Å².